The number of carbonyl (C=O) groups excluding carboxylic acids is 2. The van der Waals surface area contributed by atoms with Gasteiger partial charge in [0.05, 0.1) is 87.1 Å². The van der Waals surface area contributed by atoms with Crippen molar-refractivity contribution in [1.82, 2.24) is 0 Å². The van der Waals surface area contributed by atoms with Crippen molar-refractivity contribution in [2.75, 3.05) is 26.6 Å². The number of hydrogen-bond acceptors (Lipinski definition) is 21. The summed E-state index contributed by atoms with van der Waals surface area (Å²) in [4.78, 5) is 39.8. The van der Waals surface area contributed by atoms with E-state index in [2.05, 4.69) is 60.2 Å². The molecule has 3 unspecified atom stereocenters. The SMILES string of the molecule is CC.CC.CC.CC(=O)O[C@@H]1[C@@H](OC(C)=O)[C@H](N=[N+]=[N-])C[C@H](N=[N+]=[N-])[C@H]1OC1CC=CCO1.[N-]=[N+]=N[C@H]1C[C@@H](N=[N+]=[N-])[C@H](O)[C@@H](O)[C@@H]1OC1CC=CCO1.[N-]=[N+]=N[C@H]1C[C@@H](N=[N+]=[N-])[C@H](OCOCc2ccccc2)[C@@H](O)[C@@H]1OC1CC=CCO1. The number of rotatable bonds is 19. The number of aliphatic hydroxyl groups excluding tert-OH is 3. The van der Waals surface area contributed by atoms with E-state index < -0.39 is 122 Å². The topological polar surface area (TPSA) is 480 Å². The Kier molecular flexibility index (Phi) is 37.0. The molecule has 3 heterocycles. The molecule has 33 heteroatoms. The Morgan fingerprint density at radius 3 is 1.24 bits per heavy atom. The molecule has 7 rings (SSSR count). The van der Waals surface area contributed by atoms with Gasteiger partial charge in [0.15, 0.2) is 25.0 Å². The molecule has 3 fully saturated rings. The molecule has 84 heavy (non-hydrogen) atoms. The van der Waals surface area contributed by atoms with E-state index in [0.29, 0.717) is 45.7 Å². The molecule has 0 radical (unpaired) electrons. The second-order valence-corrected chi connectivity index (χ2v) is 17.8. The molecule has 0 saturated heterocycles. The Morgan fingerprint density at radius 2 is 0.833 bits per heavy atom. The normalized spacial score (nSPS) is 31.5. The van der Waals surface area contributed by atoms with Gasteiger partial charge in [0.1, 0.15) is 31.2 Å². The molecule has 3 N–H and O–H groups in total. The maximum atomic E-state index is 11.6. The number of hydrogen-bond donors (Lipinski definition) is 3. The monoisotopic (exact) mass is 1180 g/mol. The minimum Gasteiger partial charge on any atom is -0.458 e. The number of nitrogens with zero attached hydrogens (tertiary/aromatic N) is 18. The number of azide groups is 6. The van der Waals surface area contributed by atoms with E-state index in [-0.39, 0.29) is 26.1 Å². The summed E-state index contributed by atoms with van der Waals surface area (Å²) in [6, 6.07) is 4.75. The van der Waals surface area contributed by atoms with E-state index in [1.807, 2.05) is 108 Å². The van der Waals surface area contributed by atoms with Crippen molar-refractivity contribution in [1.29, 1.82) is 0 Å². The van der Waals surface area contributed by atoms with Crippen LogP contribution in [0.25, 0.3) is 62.7 Å². The minimum atomic E-state index is -1.33. The number of carbonyl (C=O) groups is 2. The van der Waals surface area contributed by atoms with E-state index in [4.69, 9.17) is 80.6 Å². The lowest BCUT2D eigenvalue weighted by Crippen LogP contribution is -2.59. The summed E-state index contributed by atoms with van der Waals surface area (Å²) in [5, 5.41) is 52.8. The van der Waals surface area contributed by atoms with Crippen LogP contribution in [0.15, 0.2) is 97.5 Å². The predicted octanol–water partition coefficient (Wildman–Crippen LogP) is 9.89. The Balaban J connectivity index is 0.000000416. The average Bonchev–Trinajstić information content (AvgIpc) is 3.29. The van der Waals surface area contributed by atoms with Crippen LogP contribution in [0, 0.1) is 0 Å². The Labute approximate surface area is 485 Å². The zero-order valence-electron chi connectivity index (χ0n) is 48.3. The molecule has 18 atom stereocenters. The summed E-state index contributed by atoms with van der Waals surface area (Å²) in [5.41, 5.74) is 53.6. The molecule has 0 amide bonds. The average molecular weight is 1180 g/mol. The highest BCUT2D eigenvalue weighted by Gasteiger charge is 2.51. The molecule has 33 nitrogen and oxygen atoms in total. The lowest BCUT2D eigenvalue weighted by atomic mass is 9.84. The summed E-state index contributed by atoms with van der Waals surface area (Å²) in [7, 11) is 0. The third-order valence-electron chi connectivity index (χ3n) is 12.6. The van der Waals surface area contributed by atoms with Crippen LogP contribution >= 0.6 is 0 Å². The van der Waals surface area contributed by atoms with Crippen LogP contribution in [0.5, 0.6) is 0 Å². The first-order valence-electron chi connectivity index (χ1n) is 27.5. The molecular weight excluding hydrogens is 1100 g/mol. The summed E-state index contributed by atoms with van der Waals surface area (Å²) in [5.74, 6) is -1.30. The van der Waals surface area contributed by atoms with Gasteiger partial charge in [0, 0.05) is 62.6 Å². The third-order valence-corrected chi connectivity index (χ3v) is 12.6. The van der Waals surface area contributed by atoms with Crippen LogP contribution in [0.4, 0.5) is 0 Å². The zero-order valence-corrected chi connectivity index (χ0v) is 48.3. The summed E-state index contributed by atoms with van der Waals surface area (Å²) in [6.45, 7) is 15.7. The van der Waals surface area contributed by atoms with Gasteiger partial charge in [-0.05, 0) is 58.0 Å². The second kappa shape index (κ2) is 42.6. The van der Waals surface area contributed by atoms with Gasteiger partial charge in [-0.2, -0.15) is 0 Å². The molecule has 0 spiro atoms. The highest BCUT2D eigenvalue weighted by atomic mass is 16.7. The van der Waals surface area contributed by atoms with Crippen LogP contribution in [-0.2, 0) is 63.6 Å². The van der Waals surface area contributed by atoms with Crippen LogP contribution in [0.1, 0.15) is 99.5 Å². The van der Waals surface area contributed by atoms with Crippen molar-refractivity contribution in [3.63, 3.8) is 0 Å². The predicted molar refractivity (Wildman–Crippen MR) is 301 cm³/mol. The minimum absolute atomic E-state index is 0.0526. The Morgan fingerprint density at radius 1 is 0.476 bits per heavy atom. The van der Waals surface area contributed by atoms with Gasteiger partial charge in [0.25, 0.3) is 0 Å². The summed E-state index contributed by atoms with van der Waals surface area (Å²) >= 11 is 0. The highest BCUT2D eigenvalue weighted by Crippen LogP contribution is 2.35. The van der Waals surface area contributed by atoms with Gasteiger partial charge >= 0.3 is 11.9 Å². The van der Waals surface area contributed by atoms with Crippen molar-refractivity contribution in [3.8, 4) is 0 Å². The van der Waals surface area contributed by atoms with Crippen molar-refractivity contribution >= 4 is 11.9 Å². The van der Waals surface area contributed by atoms with Crippen LogP contribution in [0.3, 0.4) is 0 Å². The fourth-order valence-electron chi connectivity index (χ4n) is 9.12. The van der Waals surface area contributed by atoms with Gasteiger partial charge in [0.2, 0.25) is 0 Å². The molecule has 0 aromatic heterocycles. The van der Waals surface area contributed by atoms with E-state index in [1.54, 1.807) is 0 Å². The molecule has 6 aliphatic rings. The van der Waals surface area contributed by atoms with Gasteiger partial charge in [-0.1, -0.05) is 139 Å². The Hall–Kier alpha value is -7.20. The van der Waals surface area contributed by atoms with Crippen LogP contribution < -0.4 is 0 Å². The molecule has 462 valence electrons. The first kappa shape index (κ1) is 72.9. The van der Waals surface area contributed by atoms with Crippen molar-refractivity contribution in [2.24, 2.45) is 30.7 Å². The number of benzene rings is 1. The Bertz CT molecular complexity index is 2500. The smallest absolute Gasteiger partial charge is 0.303 e. The lowest BCUT2D eigenvalue weighted by Gasteiger charge is -2.43. The van der Waals surface area contributed by atoms with Crippen molar-refractivity contribution < 1.29 is 72.3 Å². The molecule has 0 bridgehead atoms. The maximum absolute atomic E-state index is 11.6. The standard InChI is InChI=1S/C19H24N6O5.C15H20N6O6.C11H16N6O4.3C2H6/c20-24-22-14-10-15(23-25-21)19(30-16-8-4-5-9-28-16)17(26)18(14)29-12-27-11-13-6-2-1-3-7-13;1-8(22)25-13-10(18-20-16)7-11(19-21-17)14(15(13)26-9(2)23)27-12-5-3-4-6-24-12;12-16-14-6-5-7(15-17-13)11(10(19)9(6)18)21-8-3-1-2-4-20-8;3*1-2/h1-7,14-19,26H,8-12H2;3-4,10-15H,5-7H2,1-2H3;1-2,6-11,18-19H,3-5H2;3*1-2H3/t14-,15+,16?,17-,18+,19-;10-,11+,12?,13+,14-,15-;6-,7+,8?,9+,10-,11-;;;/m111.../s1. The maximum Gasteiger partial charge on any atom is 0.303 e. The van der Waals surface area contributed by atoms with E-state index in [0.717, 1.165) is 5.56 Å². The van der Waals surface area contributed by atoms with E-state index in [9.17, 15) is 24.9 Å². The van der Waals surface area contributed by atoms with Gasteiger partial charge < -0.3 is 62.7 Å². The molecule has 3 aliphatic heterocycles. The second-order valence-electron chi connectivity index (χ2n) is 17.8. The first-order valence-corrected chi connectivity index (χ1v) is 27.5. The van der Waals surface area contributed by atoms with Gasteiger partial charge in [-0.25, -0.2) is 0 Å². The molecule has 3 aliphatic carbocycles. The van der Waals surface area contributed by atoms with Crippen LogP contribution in [0.2, 0.25) is 0 Å². The fourth-order valence-corrected chi connectivity index (χ4v) is 9.12. The summed E-state index contributed by atoms with van der Waals surface area (Å²) in [6.07, 6.45) is 1.51. The first-order chi connectivity index (χ1) is 40.8. The summed E-state index contributed by atoms with van der Waals surface area (Å²) < 4.78 is 55.6. The quantitative estimate of drug-likeness (QED) is 0.0220. The number of esters is 2. The van der Waals surface area contributed by atoms with Crippen molar-refractivity contribution in [3.05, 3.63) is 135 Å². The van der Waals surface area contributed by atoms with Gasteiger partial charge in [-0.3, -0.25) is 9.59 Å². The third kappa shape index (κ3) is 24.2. The fraction of sp³-hybridized carbons (Fsp3) is 0.725. The highest BCUT2D eigenvalue weighted by molar-refractivity contribution is 5.67. The number of aliphatic hydroxyl groups is 3. The van der Waals surface area contributed by atoms with Gasteiger partial charge in [-0.15, -0.1) is 0 Å². The number of ether oxygens (including phenoxy) is 10. The van der Waals surface area contributed by atoms with Crippen LogP contribution in [-0.4, -0.2) is 164 Å². The molecule has 1 aromatic carbocycles. The van der Waals surface area contributed by atoms with E-state index >= 15 is 0 Å². The lowest BCUT2D eigenvalue weighted by molar-refractivity contribution is -0.232. The van der Waals surface area contributed by atoms with E-state index in [1.165, 1.54) is 13.8 Å². The molecule has 1 aromatic rings. The van der Waals surface area contributed by atoms with Crippen molar-refractivity contribution in [2.45, 2.75) is 211 Å². The molecular formula is C51H78N18O15. The zero-order chi connectivity index (χ0) is 62.2. The molecule has 3 saturated carbocycles. The largest absolute Gasteiger partial charge is 0.458 e.